The van der Waals surface area contributed by atoms with Gasteiger partial charge in [0.25, 0.3) is 0 Å². The molecule has 0 spiro atoms. The highest BCUT2D eigenvalue weighted by Crippen LogP contribution is 2.19. The highest BCUT2D eigenvalue weighted by atomic mass is 32.1. The number of aromatic nitrogens is 1. The Hall–Kier alpha value is -0.450. The highest BCUT2D eigenvalue weighted by molar-refractivity contribution is 7.11. The normalized spacial score (nSPS) is 16.6. The first-order chi connectivity index (χ1) is 9.31. The minimum absolute atomic E-state index is 0.751. The van der Waals surface area contributed by atoms with Crippen LogP contribution in [0.3, 0.4) is 0 Å². The summed E-state index contributed by atoms with van der Waals surface area (Å²) in [7, 11) is 0. The van der Waals surface area contributed by atoms with E-state index in [1.54, 1.807) is 0 Å². The van der Waals surface area contributed by atoms with E-state index in [0.717, 1.165) is 38.6 Å². The van der Waals surface area contributed by atoms with Crippen molar-refractivity contribution in [2.24, 2.45) is 0 Å². The lowest BCUT2D eigenvalue weighted by molar-refractivity contribution is 0.308. The summed E-state index contributed by atoms with van der Waals surface area (Å²) < 4.78 is 0. The Morgan fingerprint density at radius 2 is 2.05 bits per heavy atom. The molecule has 1 aromatic rings. The molecule has 0 bridgehead atoms. The number of nitrogens with one attached hydrogen (secondary N) is 1. The predicted molar refractivity (Wildman–Crippen MR) is 82.7 cm³/mol. The van der Waals surface area contributed by atoms with Crippen molar-refractivity contribution in [1.82, 2.24) is 15.2 Å². The third-order valence-electron chi connectivity index (χ3n) is 4.06. The molecule has 0 aromatic carbocycles. The smallest absolute Gasteiger partial charge is 0.0940 e. The van der Waals surface area contributed by atoms with Crippen LogP contribution in [0.15, 0.2) is 6.20 Å². The summed E-state index contributed by atoms with van der Waals surface area (Å²) in [5.41, 5.74) is 0. The van der Waals surface area contributed by atoms with E-state index in [2.05, 4.69) is 35.2 Å². The van der Waals surface area contributed by atoms with Crippen molar-refractivity contribution in [3.05, 3.63) is 16.1 Å². The fourth-order valence-corrected chi connectivity index (χ4v) is 3.58. The van der Waals surface area contributed by atoms with Gasteiger partial charge in [-0.1, -0.05) is 26.7 Å². The molecule has 0 aliphatic heterocycles. The Balaban J connectivity index is 1.71. The first kappa shape index (κ1) is 14.9. The first-order valence-corrected chi connectivity index (χ1v) is 8.52. The average Bonchev–Trinajstić information content (AvgIpc) is 3.09. The van der Waals surface area contributed by atoms with Gasteiger partial charge in [-0.05, 0) is 25.9 Å². The summed E-state index contributed by atoms with van der Waals surface area (Å²) in [6.45, 7) is 8.87. The van der Waals surface area contributed by atoms with Gasteiger partial charge in [0.2, 0.25) is 0 Å². The summed E-state index contributed by atoms with van der Waals surface area (Å²) in [5, 5.41) is 4.95. The van der Waals surface area contributed by atoms with Crippen molar-refractivity contribution in [3.8, 4) is 0 Å². The van der Waals surface area contributed by atoms with E-state index in [9.17, 15) is 0 Å². The molecule has 1 heterocycles. The molecule has 0 radical (unpaired) electrons. The van der Waals surface area contributed by atoms with Gasteiger partial charge < -0.3 is 10.2 Å². The summed E-state index contributed by atoms with van der Waals surface area (Å²) in [6.07, 6.45) is 8.66. The lowest BCUT2D eigenvalue weighted by Crippen LogP contribution is -2.25. The van der Waals surface area contributed by atoms with Crippen LogP contribution in [0.1, 0.15) is 49.4 Å². The minimum atomic E-state index is 0.751. The standard InChI is InChI=1S/C15H27N3S/c1-3-18(4-2)10-9-15-17-12-14(19-15)11-16-13-7-5-6-8-13/h12-13,16H,3-11H2,1-2H3. The Bertz CT molecular complexity index is 334. The second kappa shape index (κ2) is 7.98. The van der Waals surface area contributed by atoms with Gasteiger partial charge >= 0.3 is 0 Å². The second-order valence-electron chi connectivity index (χ2n) is 5.36. The van der Waals surface area contributed by atoms with Gasteiger partial charge in [-0.15, -0.1) is 11.3 Å². The molecule has 1 N–H and O–H groups in total. The number of likely N-dealkylation sites (N-methyl/N-ethyl adjacent to an activating group) is 1. The van der Waals surface area contributed by atoms with Crippen molar-refractivity contribution in [2.45, 2.75) is 58.5 Å². The van der Waals surface area contributed by atoms with Crippen LogP contribution in [-0.4, -0.2) is 35.6 Å². The lowest BCUT2D eigenvalue weighted by atomic mass is 10.2. The van der Waals surface area contributed by atoms with Crippen LogP contribution in [-0.2, 0) is 13.0 Å². The third kappa shape index (κ3) is 4.86. The van der Waals surface area contributed by atoms with Gasteiger partial charge in [0, 0.05) is 36.6 Å². The molecule has 4 heteroatoms. The zero-order valence-electron chi connectivity index (χ0n) is 12.3. The molecule has 0 atom stereocenters. The summed E-state index contributed by atoms with van der Waals surface area (Å²) in [5.74, 6) is 0. The number of rotatable bonds is 8. The zero-order chi connectivity index (χ0) is 13.5. The van der Waals surface area contributed by atoms with E-state index in [0.29, 0.717) is 0 Å². The Morgan fingerprint density at radius 3 is 2.74 bits per heavy atom. The molecule has 3 nitrogen and oxygen atoms in total. The molecule has 19 heavy (non-hydrogen) atoms. The molecule has 1 fully saturated rings. The van der Waals surface area contributed by atoms with Crippen LogP contribution in [0.2, 0.25) is 0 Å². The van der Waals surface area contributed by atoms with Crippen molar-refractivity contribution in [2.75, 3.05) is 19.6 Å². The average molecular weight is 281 g/mol. The predicted octanol–water partition coefficient (Wildman–Crippen LogP) is 3.06. The summed E-state index contributed by atoms with van der Waals surface area (Å²) >= 11 is 1.88. The molecular formula is C15H27N3S. The monoisotopic (exact) mass is 281 g/mol. The van der Waals surface area contributed by atoms with Crippen molar-refractivity contribution in [1.29, 1.82) is 0 Å². The molecule has 1 saturated carbocycles. The Labute approximate surface area is 121 Å². The fraction of sp³-hybridized carbons (Fsp3) is 0.800. The quantitative estimate of drug-likeness (QED) is 0.794. The lowest BCUT2D eigenvalue weighted by Gasteiger charge is -2.16. The van der Waals surface area contributed by atoms with Crippen LogP contribution in [0.5, 0.6) is 0 Å². The molecule has 0 saturated heterocycles. The molecule has 1 aliphatic carbocycles. The Kier molecular flexibility index (Phi) is 6.28. The first-order valence-electron chi connectivity index (χ1n) is 7.71. The SMILES string of the molecule is CCN(CC)CCc1ncc(CNC2CCCC2)s1. The van der Waals surface area contributed by atoms with Crippen LogP contribution in [0.4, 0.5) is 0 Å². The van der Waals surface area contributed by atoms with Crippen LogP contribution in [0.25, 0.3) is 0 Å². The van der Waals surface area contributed by atoms with E-state index in [4.69, 9.17) is 0 Å². The van der Waals surface area contributed by atoms with Crippen molar-refractivity contribution < 1.29 is 0 Å². The van der Waals surface area contributed by atoms with Crippen LogP contribution < -0.4 is 5.32 Å². The molecule has 1 aliphatic rings. The van der Waals surface area contributed by atoms with E-state index in [-0.39, 0.29) is 0 Å². The summed E-state index contributed by atoms with van der Waals surface area (Å²) in [6, 6.07) is 0.751. The van der Waals surface area contributed by atoms with Gasteiger partial charge in [0.1, 0.15) is 0 Å². The van der Waals surface area contributed by atoms with Gasteiger partial charge in [0.15, 0.2) is 0 Å². The number of thiazole rings is 1. The van der Waals surface area contributed by atoms with Crippen molar-refractivity contribution >= 4 is 11.3 Å². The topological polar surface area (TPSA) is 28.2 Å². The van der Waals surface area contributed by atoms with E-state index < -0.39 is 0 Å². The zero-order valence-corrected chi connectivity index (χ0v) is 13.1. The minimum Gasteiger partial charge on any atom is -0.309 e. The molecular weight excluding hydrogens is 254 g/mol. The fourth-order valence-electron chi connectivity index (χ4n) is 2.71. The molecule has 0 unspecified atom stereocenters. The molecule has 0 amide bonds. The molecule has 1 aromatic heterocycles. The number of hydrogen-bond acceptors (Lipinski definition) is 4. The van der Waals surface area contributed by atoms with Gasteiger partial charge in [-0.25, -0.2) is 4.98 Å². The molecule has 2 rings (SSSR count). The second-order valence-corrected chi connectivity index (χ2v) is 6.56. The Morgan fingerprint density at radius 1 is 1.32 bits per heavy atom. The van der Waals surface area contributed by atoms with Crippen LogP contribution in [0, 0.1) is 0 Å². The third-order valence-corrected chi connectivity index (χ3v) is 5.11. The van der Waals surface area contributed by atoms with Crippen LogP contribution >= 0.6 is 11.3 Å². The van der Waals surface area contributed by atoms with E-state index in [1.807, 2.05) is 11.3 Å². The maximum absolute atomic E-state index is 4.55. The van der Waals surface area contributed by atoms with Gasteiger partial charge in [-0.3, -0.25) is 0 Å². The largest absolute Gasteiger partial charge is 0.309 e. The maximum atomic E-state index is 4.55. The van der Waals surface area contributed by atoms with Gasteiger partial charge in [0.05, 0.1) is 5.01 Å². The van der Waals surface area contributed by atoms with Crippen molar-refractivity contribution in [3.63, 3.8) is 0 Å². The number of nitrogens with zero attached hydrogens (tertiary/aromatic N) is 2. The van der Waals surface area contributed by atoms with E-state index in [1.165, 1.54) is 35.6 Å². The molecule has 108 valence electrons. The summed E-state index contributed by atoms with van der Waals surface area (Å²) in [4.78, 5) is 8.40. The van der Waals surface area contributed by atoms with E-state index >= 15 is 0 Å². The number of hydrogen-bond donors (Lipinski definition) is 1. The highest BCUT2D eigenvalue weighted by Gasteiger charge is 2.14. The van der Waals surface area contributed by atoms with Gasteiger partial charge in [-0.2, -0.15) is 0 Å². The maximum Gasteiger partial charge on any atom is 0.0940 e.